The molecule has 0 radical (unpaired) electrons. The molecule has 148 valence electrons. The van der Waals surface area contributed by atoms with E-state index in [9.17, 15) is 10.3 Å². The third-order valence-electron chi connectivity index (χ3n) is 6.04. The molecule has 1 aromatic carbocycles. The first kappa shape index (κ1) is 18.1. The Hall–Kier alpha value is -2.96. The third kappa shape index (κ3) is 3.14. The molecule has 3 heterocycles. The smallest absolute Gasteiger partial charge is 0.142 e. The van der Waals surface area contributed by atoms with E-state index in [1.807, 2.05) is 30.3 Å². The zero-order valence-corrected chi connectivity index (χ0v) is 16.1. The third-order valence-corrected chi connectivity index (χ3v) is 6.04. The van der Waals surface area contributed by atoms with Gasteiger partial charge in [0.25, 0.3) is 0 Å². The molecule has 5 rings (SSSR count). The average molecular weight is 389 g/mol. The summed E-state index contributed by atoms with van der Waals surface area (Å²) in [6.45, 7) is 1.53. The second-order valence-electron chi connectivity index (χ2n) is 7.79. The van der Waals surface area contributed by atoms with Gasteiger partial charge < -0.3 is 20.0 Å². The summed E-state index contributed by atoms with van der Waals surface area (Å²) in [5.41, 5.74) is 4.85. The van der Waals surface area contributed by atoms with Crippen LogP contribution in [-0.4, -0.2) is 34.1 Å². The largest absolute Gasteiger partial charge is 0.457 e. The summed E-state index contributed by atoms with van der Waals surface area (Å²) in [5, 5.41) is 27.1. The van der Waals surface area contributed by atoms with Crippen molar-refractivity contribution in [3.63, 3.8) is 0 Å². The lowest BCUT2D eigenvalue weighted by atomic mass is 9.89. The highest BCUT2D eigenvalue weighted by atomic mass is 16.4. The van der Waals surface area contributed by atoms with Crippen molar-refractivity contribution in [2.45, 2.75) is 31.3 Å². The zero-order chi connectivity index (χ0) is 19.8. The molecule has 0 bridgehead atoms. The molecular formula is C23H23N3O3. The molecule has 2 aliphatic rings. The van der Waals surface area contributed by atoms with Gasteiger partial charge in [-0.1, -0.05) is 23.4 Å². The molecule has 1 saturated heterocycles. The number of aliphatic hydroxyl groups is 1. The van der Waals surface area contributed by atoms with E-state index in [1.165, 1.54) is 5.56 Å². The standard InChI is InChI=1S/C23H23N3O3/c27-23(7-11-25-12-8-23)21-14-19(22(29-21)15-5-9-24-10-6-15)17-1-3-18-16(13-17)2-4-20(18)26-28/h1,3,5-6,9-10,13-14,25,27-28H,2,4,7-8,11-12H2. The number of aromatic nitrogens is 1. The van der Waals surface area contributed by atoms with Crippen molar-refractivity contribution >= 4 is 5.71 Å². The quantitative estimate of drug-likeness (QED) is 0.469. The summed E-state index contributed by atoms with van der Waals surface area (Å²) < 4.78 is 6.29. The predicted octanol–water partition coefficient (Wildman–Crippen LogP) is 3.70. The molecule has 0 spiro atoms. The van der Waals surface area contributed by atoms with Crippen LogP contribution >= 0.6 is 0 Å². The summed E-state index contributed by atoms with van der Waals surface area (Å²) in [5.74, 6) is 1.35. The Labute approximate surface area is 168 Å². The second-order valence-corrected chi connectivity index (χ2v) is 7.79. The van der Waals surface area contributed by atoms with Crippen molar-refractivity contribution in [1.29, 1.82) is 0 Å². The van der Waals surface area contributed by atoms with E-state index in [0.717, 1.165) is 59.7 Å². The van der Waals surface area contributed by atoms with Crippen molar-refractivity contribution < 1.29 is 14.7 Å². The van der Waals surface area contributed by atoms with E-state index in [-0.39, 0.29) is 0 Å². The fourth-order valence-electron chi connectivity index (χ4n) is 4.38. The number of aryl methyl sites for hydroxylation is 1. The lowest BCUT2D eigenvalue weighted by molar-refractivity contribution is -0.0132. The highest BCUT2D eigenvalue weighted by molar-refractivity contribution is 6.04. The highest BCUT2D eigenvalue weighted by Gasteiger charge is 2.36. The second kappa shape index (κ2) is 7.13. The highest BCUT2D eigenvalue weighted by Crippen LogP contribution is 2.42. The maximum absolute atomic E-state index is 11.2. The fraction of sp³-hybridized carbons (Fsp3) is 0.304. The fourth-order valence-corrected chi connectivity index (χ4v) is 4.38. The van der Waals surface area contributed by atoms with Gasteiger partial charge in [0, 0.05) is 29.1 Å². The molecule has 2 aromatic heterocycles. The van der Waals surface area contributed by atoms with Gasteiger partial charge >= 0.3 is 0 Å². The maximum Gasteiger partial charge on any atom is 0.142 e. The first-order chi connectivity index (χ1) is 14.2. The van der Waals surface area contributed by atoms with E-state index in [1.54, 1.807) is 12.4 Å². The molecule has 0 amide bonds. The van der Waals surface area contributed by atoms with Crippen LogP contribution in [0.2, 0.25) is 0 Å². The molecule has 3 aromatic rings. The Balaban J connectivity index is 1.64. The molecule has 3 N–H and O–H groups in total. The lowest BCUT2D eigenvalue weighted by Gasteiger charge is -2.30. The van der Waals surface area contributed by atoms with E-state index in [0.29, 0.717) is 18.6 Å². The molecule has 6 heteroatoms. The number of rotatable bonds is 3. The number of furan rings is 1. The van der Waals surface area contributed by atoms with Crippen LogP contribution in [0.3, 0.4) is 0 Å². The number of pyridine rings is 1. The van der Waals surface area contributed by atoms with Crippen LogP contribution in [0.15, 0.2) is 58.4 Å². The van der Waals surface area contributed by atoms with Gasteiger partial charge in [-0.15, -0.1) is 0 Å². The minimum Gasteiger partial charge on any atom is -0.457 e. The summed E-state index contributed by atoms with van der Waals surface area (Å²) >= 11 is 0. The number of nitrogens with zero attached hydrogens (tertiary/aromatic N) is 2. The van der Waals surface area contributed by atoms with Gasteiger partial charge in [0.15, 0.2) is 0 Å². The number of fused-ring (bicyclic) bond motifs is 1. The Kier molecular flexibility index (Phi) is 4.45. The molecule has 0 unspecified atom stereocenters. The van der Waals surface area contributed by atoms with E-state index in [2.05, 4.69) is 21.5 Å². The van der Waals surface area contributed by atoms with Crippen LogP contribution in [0.25, 0.3) is 22.5 Å². The van der Waals surface area contributed by atoms with Crippen molar-refractivity contribution in [3.05, 3.63) is 65.7 Å². The minimum atomic E-state index is -0.960. The summed E-state index contributed by atoms with van der Waals surface area (Å²) in [6.07, 6.45) is 6.33. The maximum atomic E-state index is 11.2. The predicted molar refractivity (Wildman–Crippen MR) is 110 cm³/mol. The van der Waals surface area contributed by atoms with Crippen LogP contribution < -0.4 is 5.32 Å². The number of oxime groups is 1. The molecule has 29 heavy (non-hydrogen) atoms. The number of benzene rings is 1. The van der Waals surface area contributed by atoms with Gasteiger partial charge in [-0.3, -0.25) is 4.98 Å². The molecule has 0 atom stereocenters. The molecule has 1 fully saturated rings. The van der Waals surface area contributed by atoms with Gasteiger partial charge in [0.1, 0.15) is 17.1 Å². The number of hydrogen-bond donors (Lipinski definition) is 3. The van der Waals surface area contributed by atoms with Crippen molar-refractivity contribution in [1.82, 2.24) is 10.3 Å². The first-order valence-corrected chi connectivity index (χ1v) is 10.0. The monoisotopic (exact) mass is 389 g/mol. The van der Waals surface area contributed by atoms with Crippen LogP contribution in [0, 0.1) is 0 Å². The number of piperidine rings is 1. The van der Waals surface area contributed by atoms with Crippen LogP contribution in [0.4, 0.5) is 0 Å². The van der Waals surface area contributed by atoms with E-state index in [4.69, 9.17) is 4.42 Å². The molecule has 6 nitrogen and oxygen atoms in total. The SMILES string of the molecule is ON=C1CCc2cc(-c3cc(C4(O)CCNCC4)oc3-c3ccncc3)ccc21. The Morgan fingerprint density at radius 1 is 0.966 bits per heavy atom. The van der Waals surface area contributed by atoms with Gasteiger partial charge in [0.05, 0.1) is 5.71 Å². The number of nitrogens with one attached hydrogen (secondary N) is 1. The molecular weight excluding hydrogens is 366 g/mol. The summed E-state index contributed by atoms with van der Waals surface area (Å²) in [7, 11) is 0. The normalized spacial score (nSPS) is 19.4. The van der Waals surface area contributed by atoms with Crippen molar-refractivity contribution in [3.8, 4) is 22.5 Å². The van der Waals surface area contributed by atoms with E-state index >= 15 is 0 Å². The molecule has 1 aliphatic heterocycles. The van der Waals surface area contributed by atoms with Gasteiger partial charge in [-0.25, -0.2) is 0 Å². The van der Waals surface area contributed by atoms with E-state index < -0.39 is 5.60 Å². The van der Waals surface area contributed by atoms with Crippen molar-refractivity contribution in [2.75, 3.05) is 13.1 Å². The summed E-state index contributed by atoms with van der Waals surface area (Å²) in [4.78, 5) is 4.11. The number of hydrogen-bond acceptors (Lipinski definition) is 6. The van der Waals surface area contributed by atoms with Crippen LogP contribution in [0.1, 0.15) is 36.1 Å². The average Bonchev–Trinajstić information content (AvgIpc) is 3.39. The van der Waals surface area contributed by atoms with Gasteiger partial charge in [-0.2, -0.15) is 0 Å². The van der Waals surface area contributed by atoms with Crippen LogP contribution in [-0.2, 0) is 12.0 Å². The Morgan fingerprint density at radius 3 is 2.52 bits per heavy atom. The zero-order valence-electron chi connectivity index (χ0n) is 16.1. The van der Waals surface area contributed by atoms with Crippen molar-refractivity contribution in [2.24, 2.45) is 5.16 Å². The molecule has 0 saturated carbocycles. The van der Waals surface area contributed by atoms with Gasteiger partial charge in [-0.05, 0) is 68.1 Å². The summed E-state index contributed by atoms with van der Waals surface area (Å²) in [6, 6.07) is 12.0. The minimum absolute atomic E-state index is 0.610. The first-order valence-electron chi connectivity index (χ1n) is 10.0. The Bertz CT molecular complexity index is 1070. The lowest BCUT2D eigenvalue weighted by Crippen LogP contribution is -2.39. The molecule has 1 aliphatic carbocycles. The van der Waals surface area contributed by atoms with Gasteiger partial charge in [0.2, 0.25) is 0 Å². The van der Waals surface area contributed by atoms with Crippen LogP contribution in [0.5, 0.6) is 0 Å². The Morgan fingerprint density at radius 2 is 1.76 bits per heavy atom. The topological polar surface area (TPSA) is 90.9 Å².